The number of likely N-dealkylation sites (N-methyl/N-ethyl adjacent to an activating group) is 1. The van der Waals surface area contributed by atoms with Gasteiger partial charge in [-0.15, -0.1) is 11.8 Å². The zero-order valence-electron chi connectivity index (χ0n) is 14.1. The Morgan fingerprint density at radius 3 is 2.67 bits per heavy atom. The van der Waals surface area contributed by atoms with Crippen LogP contribution >= 0.6 is 11.8 Å². The van der Waals surface area contributed by atoms with Gasteiger partial charge in [-0.1, -0.05) is 17.3 Å². The number of ether oxygens (including phenoxy) is 1. The lowest BCUT2D eigenvalue weighted by Crippen LogP contribution is -2.35. The van der Waals surface area contributed by atoms with Crippen molar-refractivity contribution in [2.24, 2.45) is 0 Å². The van der Waals surface area contributed by atoms with Crippen LogP contribution in [0.25, 0.3) is 0 Å². The summed E-state index contributed by atoms with van der Waals surface area (Å²) in [6, 6.07) is 8.99. The predicted octanol–water partition coefficient (Wildman–Crippen LogP) is 2.91. The SMILES string of the molecule is Cc1cc(CSc2ccccc2C(=O)O[C@H](C)C(=O)N(C)C)no1. The standard InChI is InChI=1S/C17H20N2O4S/c1-11-9-13(18-23-11)10-24-15-8-6-5-7-14(15)17(21)22-12(2)16(20)19(3)4/h5-9,12H,10H2,1-4H3/t12-/m1/s1. The van der Waals surface area contributed by atoms with Crippen molar-refractivity contribution in [2.45, 2.75) is 30.6 Å². The molecule has 0 N–H and O–H groups in total. The van der Waals surface area contributed by atoms with Crippen LogP contribution in [0.1, 0.15) is 28.7 Å². The van der Waals surface area contributed by atoms with Gasteiger partial charge in [0.1, 0.15) is 5.76 Å². The van der Waals surface area contributed by atoms with Crippen LogP contribution in [0.3, 0.4) is 0 Å². The molecular weight excluding hydrogens is 328 g/mol. The van der Waals surface area contributed by atoms with Gasteiger partial charge in [0.05, 0.1) is 11.3 Å². The van der Waals surface area contributed by atoms with Crippen LogP contribution in [0.4, 0.5) is 0 Å². The summed E-state index contributed by atoms with van der Waals surface area (Å²) in [6.07, 6.45) is -0.830. The Morgan fingerprint density at radius 2 is 2.04 bits per heavy atom. The first-order chi connectivity index (χ1) is 11.4. The summed E-state index contributed by atoms with van der Waals surface area (Å²) in [5, 5.41) is 3.93. The molecule has 0 unspecified atom stereocenters. The van der Waals surface area contributed by atoms with E-state index in [1.807, 2.05) is 25.1 Å². The van der Waals surface area contributed by atoms with E-state index in [2.05, 4.69) is 5.16 Å². The van der Waals surface area contributed by atoms with E-state index in [-0.39, 0.29) is 5.91 Å². The van der Waals surface area contributed by atoms with Crippen molar-refractivity contribution in [2.75, 3.05) is 14.1 Å². The Bertz CT molecular complexity index is 727. The first-order valence-corrected chi connectivity index (χ1v) is 8.43. The van der Waals surface area contributed by atoms with Crippen LogP contribution in [-0.2, 0) is 15.3 Å². The number of hydrogen-bond donors (Lipinski definition) is 0. The van der Waals surface area contributed by atoms with Crippen LogP contribution in [0, 0.1) is 6.92 Å². The summed E-state index contributed by atoms with van der Waals surface area (Å²) in [6.45, 7) is 3.39. The monoisotopic (exact) mass is 348 g/mol. The Kier molecular flexibility index (Phi) is 6.03. The molecule has 0 spiro atoms. The molecule has 7 heteroatoms. The molecule has 0 radical (unpaired) electrons. The lowest BCUT2D eigenvalue weighted by Gasteiger charge is -2.18. The van der Waals surface area contributed by atoms with Gasteiger partial charge in [0.2, 0.25) is 0 Å². The minimum atomic E-state index is -0.830. The fraction of sp³-hybridized carbons (Fsp3) is 0.353. The predicted molar refractivity (Wildman–Crippen MR) is 90.8 cm³/mol. The van der Waals surface area contributed by atoms with Crippen molar-refractivity contribution in [1.29, 1.82) is 0 Å². The molecule has 1 atom stereocenters. The van der Waals surface area contributed by atoms with Gasteiger partial charge < -0.3 is 14.2 Å². The van der Waals surface area contributed by atoms with Gasteiger partial charge in [-0.25, -0.2) is 4.79 Å². The highest BCUT2D eigenvalue weighted by Gasteiger charge is 2.22. The summed E-state index contributed by atoms with van der Waals surface area (Å²) in [7, 11) is 3.24. The molecule has 0 fully saturated rings. The lowest BCUT2D eigenvalue weighted by molar-refractivity contribution is -0.137. The van der Waals surface area contributed by atoms with Crippen LogP contribution in [-0.4, -0.2) is 42.1 Å². The molecule has 0 aliphatic rings. The quantitative estimate of drug-likeness (QED) is 0.590. The molecule has 0 aliphatic carbocycles. The van der Waals surface area contributed by atoms with E-state index in [1.165, 1.54) is 16.7 Å². The minimum absolute atomic E-state index is 0.258. The van der Waals surface area contributed by atoms with Crippen molar-refractivity contribution in [3.8, 4) is 0 Å². The maximum absolute atomic E-state index is 12.4. The highest BCUT2D eigenvalue weighted by molar-refractivity contribution is 7.98. The average molecular weight is 348 g/mol. The van der Waals surface area contributed by atoms with Crippen LogP contribution < -0.4 is 0 Å². The maximum Gasteiger partial charge on any atom is 0.340 e. The zero-order chi connectivity index (χ0) is 17.7. The summed E-state index contributed by atoms with van der Waals surface area (Å²) < 4.78 is 10.3. The van der Waals surface area contributed by atoms with Gasteiger partial charge in [0.15, 0.2) is 6.10 Å². The number of rotatable bonds is 6. The highest BCUT2D eigenvalue weighted by Crippen LogP contribution is 2.27. The van der Waals surface area contributed by atoms with E-state index in [9.17, 15) is 9.59 Å². The lowest BCUT2D eigenvalue weighted by atomic mass is 10.2. The van der Waals surface area contributed by atoms with Gasteiger partial charge in [0.25, 0.3) is 5.91 Å². The Hall–Kier alpha value is -2.28. The molecule has 2 aromatic rings. The molecule has 1 amide bonds. The molecule has 6 nitrogen and oxygen atoms in total. The molecule has 24 heavy (non-hydrogen) atoms. The molecule has 0 saturated heterocycles. The van der Waals surface area contributed by atoms with E-state index in [0.29, 0.717) is 11.3 Å². The van der Waals surface area contributed by atoms with E-state index in [4.69, 9.17) is 9.26 Å². The highest BCUT2D eigenvalue weighted by atomic mass is 32.2. The number of aryl methyl sites for hydroxylation is 1. The summed E-state index contributed by atoms with van der Waals surface area (Å²) >= 11 is 1.46. The third-order valence-corrected chi connectivity index (χ3v) is 4.34. The number of aromatic nitrogens is 1. The third-order valence-electron chi connectivity index (χ3n) is 3.23. The van der Waals surface area contributed by atoms with E-state index in [0.717, 1.165) is 16.3 Å². The van der Waals surface area contributed by atoms with Crippen LogP contribution in [0.5, 0.6) is 0 Å². The molecule has 2 rings (SSSR count). The smallest absolute Gasteiger partial charge is 0.340 e. The van der Waals surface area contributed by atoms with Gasteiger partial charge >= 0.3 is 5.97 Å². The molecule has 0 saturated carbocycles. The van der Waals surface area contributed by atoms with Gasteiger partial charge in [-0.05, 0) is 26.0 Å². The van der Waals surface area contributed by atoms with Crippen molar-refractivity contribution in [3.05, 3.63) is 47.3 Å². The topological polar surface area (TPSA) is 72.6 Å². The molecule has 0 aliphatic heterocycles. The normalized spacial score (nSPS) is 11.8. The summed E-state index contributed by atoms with van der Waals surface area (Å²) in [4.78, 5) is 26.4. The minimum Gasteiger partial charge on any atom is -0.449 e. The number of hydrogen-bond acceptors (Lipinski definition) is 6. The summed E-state index contributed by atoms with van der Waals surface area (Å²) in [5.41, 5.74) is 1.23. The second kappa shape index (κ2) is 8.01. The van der Waals surface area contributed by atoms with Gasteiger partial charge in [-0.3, -0.25) is 4.79 Å². The first kappa shape index (κ1) is 18.1. The molecular formula is C17H20N2O4S. The van der Waals surface area contributed by atoms with Crippen LogP contribution in [0.2, 0.25) is 0 Å². The Morgan fingerprint density at radius 1 is 1.33 bits per heavy atom. The fourth-order valence-electron chi connectivity index (χ4n) is 2.04. The van der Waals surface area contributed by atoms with E-state index >= 15 is 0 Å². The van der Waals surface area contributed by atoms with Gasteiger partial charge in [-0.2, -0.15) is 0 Å². The molecule has 1 aromatic heterocycles. The van der Waals surface area contributed by atoms with Crippen molar-refractivity contribution in [1.82, 2.24) is 10.1 Å². The van der Waals surface area contributed by atoms with E-state index < -0.39 is 12.1 Å². The first-order valence-electron chi connectivity index (χ1n) is 7.44. The largest absolute Gasteiger partial charge is 0.449 e. The third kappa shape index (κ3) is 4.61. The molecule has 1 aromatic carbocycles. The van der Waals surface area contributed by atoms with Crippen molar-refractivity contribution >= 4 is 23.6 Å². The average Bonchev–Trinajstić information content (AvgIpc) is 2.97. The Labute approximate surface area is 145 Å². The second-order valence-electron chi connectivity index (χ2n) is 5.49. The number of thioether (sulfide) groups is 1. The Balaban J connectivity index is 2.07. The summed E-state index contributed by atoms with van der Waals surface area (Å²) in [5.74, 6) is 0.548. The van der Waals surface area contributed by atoms with Crippen molar-refractivity contribution in [3.63, 3.8) is 0 Å². The number of carbonyl (C=O) groups is 2. The maximum atomic E-state index is 12.4. The number of nitrogens with zero attached hydrogens (tertiary/aromatic N) is 2. The number of amides is 1. The fourth-order valence-corrected chi connectivity index (χ4v) is 2.96. The molecule has 128 valence electrons. The zero-order valence-corrected chi connectivity index (χ0v) is 14.9. The van der Waals surface area contributed by atoms with Crippen LogP contribution in [0.15, 0.2) is 39.8 Å². The second-order valence-corrected chi connectivity index (χ2v) is 6.51. The van der Waals surface area contributed by atoms with E-state index in [1.54, 1.807) is 33.2 Å². The number of esters is 1. The molecule has 1 heterocycles. The number of benzene rings is 1. The van der Waals surface area contributed by atoms with Crippen molar-refractivity contribution < 1.29 is 18.8 Å². The number of carbonyl (C=O) groups excluding carboxylic acids is 2. The molecule has 0 bridgehead atoms. The van der Waals surface area contributed by atoms with Gasteiger partial charge in [0, 0.05) is 30.8 Å².